The van der Waals surface area contributed by atoms with Crippen LogP contribution < -0.4 is 0 Å². The van der Waals surface area contributed by atoms with Crippen molar-refractivity contribution in [2.45, 2.75) is 103 Å². The molecule has 0 aromatic carbocycles. The van der Waals surface area contributed by atoms with E-state index in [-0.39, 0.29) is 28.2 Å². The van der Waals surface area contributed by atoms with Crippen molar-refractivity contribution in [3.63, 3.8) is 0 Å². The van der Waals surface area contributed by atoms with Gasteiger partial charge in [0.1, 0.15) is 0 Å². The van der Waals surface area contributed by atoms with E-state index in [1.807, 2.05) is 6.08 Å². The highest BCUT2D eigenvalue weighted by Crippen LogP contribution is 2.41. The average Bonchev–Trinajstić information content (AvgIpc) is 2.47. The van der Waals surface area contributed by atoms with Gasteiger partial charge in [-0.3, -0.25) is 0 Å². The highest BCUT2D eigenvalue weighted by Gasteiger charge is 2.44. The fourth-order valence-corrected chi connectivity index (χ4v) is 5.02. The zero-order chi connectivity index (χ0) is 21.7. The highest BCUT2D eigenvalue weighted by atomic mass is 28.4. The summed E-state index contributed by atoms with van der Waals surface area (Å²) in [5.74, 6) is 2.64. The maximum absolute atomic E-state index is 9.49. The van der Waals surface area contributed by atoms with Crippen LogP contribution in [0.2, 0.25) is 36.3 Å². The van der Waals surface area contributed by atoms with Crippen LogP contribution in [0, 0.1) is 29.6 Å². The van der Waals surface area contributed by atoms with Gasteiger partial charge in [0.05, 0.1) is 18.3 Å². The lowest BCUT2D eigenvalue weighted by Gasteiger charge is -2.44. The predicted molar refractivity (Wildman–Crippen MR) is 122 cm³/mol. The highest BCUT2D eigenvalue weighted by molar-refractivity contribution is 6.74. The second kappa shape index (κ2) is 9.57. The molecule has 0 unspecified atom stereocenters. The van der Waals surface area contributed by atoms with Crippen LogP contribution in [0.3, 0.4) is 0 Å². The van der Waals surface area contributed by atoms with E-state index >= 15 is 0 Å². The predicted octanol–water partition coefficient (Wildman–Crippen LogP) is 6.51. The Balaban J connectivity index is 5.87. The van der Waals surface area contributed by atoms with Crippen molar-refractivity contribution in [3.05, 3.63) is 12.7 Å². The molecule has 0 aliphatic heterocycles. The molecule has 0 fully saturated rings. The van der Waals surface area contributed by atoms with Gasteiger partial charge in [-0.1, -0.05) is 47.6 Å². The van der Waals surface area contributed by atoms with Crippen LogP contribution in [-0.4, -0.2) is 28.8 Å². The van der Waals surface area contributed by atoms with Gasteiger partial charge in [0, 0.05) is 18.8 Å². The minimum absolute atomic E-state index is 0.0704. The molecule has 5 heteroatoms. The van der Waals surface area contributed by atoms with Crippen molar-refractivity contribution in [2.24, 2.45) is 5.92 Å². The molecule has 0 aromatic rings. The first kappa shape index (κ1) is 26.1. The molecule has 27 heavy (non-hydrogen) atoms. The smallest absolute Gasteiger partial charge is 0.192 e. The molecule has 154 valence electrons. The largest absolute Gasteiger partial charge is 0.413 e. The van der Waals surface area contributed by atoms with E-state index < -0.39 is 16.6 Å². The SMILES string of the molecule is C#CC[C@@H](O[Si](C)(C)C(C)(C)C)[C@H](CC#N)[C@@H](C=C)O[Si](C)(C)C(C)(C)C. The zero-order valence-corrected chi connectivity index (χ0v) is 21.3. The molecule has 0 radical (unpaired) electrons. The molecule has 0 bridgehead atoms. The Morgan fingerprint density at radius 3 is 1.74 bits per heavy atom. The van der Waals surface area contributed by atoms with Gasteiger partial charge < -0.3 is 8.85 Å². The maximum atomic E-state index is 9.49. The third kappa shape index (κ3) is 7.24. The Hall–Kier alpha value is -0.856. The quantitative estimate of drug-likeness (QED) is 0.249. The molecule has 0 saturated carbocycles. The van der Waals surface area contributed by atoms with E-state index in [4.69, 9.17) is 15.3 Å². The molecule has 0 aliphatic carbocycles. The summed E-state index contributed by atoms with van der Waals surface area (Å²) in [4.78, 5) is 0. The van der Waals surface area contributed by atoms with Crippen LogP contribution in [0.1, 0.15) is 54.4 Å². The Labute approximate surface area is 170 Å². The van der Waals surface area contributed by atoms with Gasteiger partial charge in [0.2, 0.25) is 0 Å². The van der Waals surface area contributed by atoms with E-state index in [2.05, 4.69) is 86.3 Å². The first-order valence-electron chi connectivity index (χ1n) is 9.82. The minimum Gasteiger partial charge on any atom is -0.413 e. The summed E-state index contributed by atoms with van der Waals surface area (Å²) in [6.07, 6.45) is 7.88. The summed E-state index contributed by atoms with van der Waals surface area (Å²) in [6.45, 7) is 26.2. The van der Waals surface area contributed by atoms with E-state index in [9.17, 15) is 5.26 Å². The molecule has 0 aliphatic rings. The van der Waals surface area contributed by atoms with Gasteiger partial charge in [-0.25, -0.2) is 0 Å². The Bertz CT molecular complexity index is 571. The topological polar surface area (TPSA) is 42.2 Å². The van der Waals surface area contributed by atoms with Crippen molar-refractivity contribution in [3.8, 4) is 18.4 Å². The van der Waals surface area contributed by atoms with Crippen molar-refractivity contribution < 1.29 is 8.85 Å². The lowest BCUT2D eigenvalue weighted by Crippen LogP contribution is -2.50. The second-order valence-electron chi connectivity index (χ2n) is 10.4. The summed E-state index contributed by atoms with van der Waals surface area (Å²) in [5, 5.41) is 9.64. The van der Waals surface area contributed by atoms with Gasteiger partial charge in [-0.15, -0.1) is 18.9 Å². The number of hydrogen-bond acceptors (Lipinski definition) is 3. The van der Waals surface area contributed by atoms with Crippen LogP contribution >= 0.6 is 0 Å². The molecule has 3 atom stereocenters. The van der Waals surface area contributed by atoms with Crippen LogP contribution in [0.25, 0.3) is 0 Å². The first-order valence-corrected chi connectivity index (χ1v) is 15.6. The molecule has 0 saturated heterocycles. The first-order chi connectivity index (χ1) is 12.0. The van der Waals surface area contributed by atoms with Crippen LogP contribution in [-0.2, 0) is 8.85 Å². The lowest BCUT2D eigenvalue weighted by molar-refractivity contribution is 0.0528. The maximum Gasteiger partial charge on any atom is 0.192 e. The molecule has 0 rings (SSSR count). The van der Waals surface area contributed by atoms with E-state index in [1.54, 1.807) is 0 Å². The van der Waals surface area contributed by atoms with Crippen molar-refractivity contribution in [1.82, 2.24) is 0 Å². The molecule has 0 amide bonds. The van der Waals surface area contributed by atoms with Gasteiger partial charge >= 0.3 is 0 Å². The summed E-state index contributed by atoms with van der Waals surface area (Å²) >= 11 is 0. The molecule has 3 nitrogen and oxygen atoms in total. The Kier molecular flexibility index (Phi) is 9.26. The molecule has 0 heterocycles. The van der Waals surface area contributed by atoms with E-state index in [0.29, 0.717) is 12.8 Å². The summed E-state index contributed by atoms with van der Waals surface area (Å²) in [6, 6.07) is 2.32. The third-order valence-corrected chi connectivity index (χ3v) is 15.2. The Morgan fingerprint density at radius 2 is 1.41 bits per heavy atom. The number of nitrogens with zero attached hydrogens (tertiary/aromatic N) is 1. The standard InChI is InChI=1S/C22H41NO2Si2/c1-13-15-20(25-27(11,12)22(6,7)8)18(16-17-23)19(14-2)24-26(9,10)21(3,4)5/h1,14,18-20H,2,15-16H2,3-12H3/t18-,19-,20-/m1/s1. The fraction of sp³-hybridized carbons (Fsp3) is 0.773. The summed E-state index contributed by atoms with van der Waals surface area (Å²) < 4.78 is 13.3. The fourth-order valence-electron chi connectivity index (χ4n) is 2.34. The number of hydrogen-bond donors (Lipinski definition) is 0. The van der Waals surface area contributed by atoms with Gasteiger partial charge in [0.15, 0.2) is 16.6 Å². The normalized spacial score (nSPS) is 16.7. The van der Waals surface area contributed by atoms with Crippen LogP contribution in [0.4, 0.5) is 0 Å². The molecule has 0 aromatic heterocycles. The molecular weight excluding hydrogens is 366 g/mol. The third-order valence-electron chi connectivity index (χ3n) is 6.27. The zero-order valence-electron chi connectivity index (χ0n) is 19.3. The van der Waals surface area contributed by atoms with Crippen molar-refractivity contribution >= 4 is 16.6 Å². The van der Waals surface area contributed by atoms with Crippen molar-refractivity contribution in [1.29, 1.82) is 5.26 Å². The van der Waals surface area contributed by atoms with Crippen LogP contribution in [0.15, 0.2) is 12.7 Å². The van der Waals surface area contributed by atoms with E-state index in [1.165, 1.54) is 0 Å². The average molecular weight is 408 g/mol. The summed E-state index contributed by atoms with van der Waals surface area (Å²) in [5.41, 5.74) is 0. The number of nitriles is 1. The molecular formula is C22H41NO2Si2. The molecule has 0 N–H and O–H groups in total. The second-order valence-corrected chi connectivity index (χ2v) is 19.9. The lowest BCUT2D eigenvalue weighted by atomic mass is 9.91. The van der Waals surface area contributed by atoms with Gasteiger partial charge in [-0.2, -0.15) is 5.26 Å². The monoisotopic (exact) mass is 407 g/mol. The van der Waals surface area contributed by atoms with Gasteiger partial charge in [-0.05, 0) is 36.3 Å². The van der Waals surface area contributed by atoms with E-state index in [0.717, 1.165) is 0 Å². The van der Waals surface area contributed by atoms with Crippen molar-refractivity contribution in [2.75, 3.05) is 0 Å². The minimum atomic E-state index is -2.03. The van der Waals surface area contributed by atoms with Gasteiger partial charge in [0.25, 0.3) is 0 Å². The number of terminal acetylenes is 1. The Morgan fingerprint density at radius 1 is 0.963 bits per heavy atom. The number of rotatable bonds is 9. The summed E-state index contributed by atoms with van der Waals surface area (Å²) in [7, 11) is -4.06. The van der Waals surface area contributed by atoms with Crippen LogP contribution in [0.5, 0.6) is 0 Å². The molecule has 0 spiro atoms.